The van der Waals surface area contributed by atoms with E-state index in [4.69, 9.17) is 0 Å². The zero-order valence-electron chi connectivity index (χ0n) is 11.7. The zero-order chi connectivity index (χ0) is 14.5. The van der Waals surface area contributed by atoms with Crippen molar-refractivity contribution in [2.75, 3.05) is 11.6 Å². The Morgan fingerprint density at radius 3 is 2.76 bits per heavy atom. The summed E-state index contributed by atoms with van der Waals surface area (Å²) in [4.78, 5) is 11.9. The third-order valence-corrected chi connectivity index (χ3v) is 4.19. The Bertz CT molecular complexity index is 455. The molecule has 1 amide bonds. The molecule has 0 saturated carbocycles. The van der Waals surface area contributed by atoms with E-state index < -0.39 is 6.10 Å². The molecular weight excluding hydrogens is 315 g/mol. The van der Waals surface area contributed by atoms with Crippen molar-refractivity contribution in [1.82, 2.24) is 10.6 Å². The number of benzene rings is 1. The Balaban J connectivity index is 0.00000220. The van der Waals surface area contributed by atoms with Gasteiger partial charge in [-0.2, -0.15) is 0 Å². The molecule has 1 aromatic rings. The van der Waals surface area contributed by atoms with E-state index in [9.17, 15) is 14.3 Å². The highest BCUT2D eigenvalue weighted by atomic mass is 35.5. The third kappa shape index (κ3) is 5.47. The maximum Gasteiger partial charge on any atom is 0.238 e. The summed E-state index contributed by atoms with van der Waals surface area (Å²) in [5, 5.41) is 16.1. The molecule has 0 radical (unpaired) electrons. The minimum absolute atomic E-state index is 0. The van der Waals surface area contributed by atoms with E-state index in [2.05, 4.69) is 10.6 Å². The summed E-state index contributed by atoms with van der Waals surface area (Å²) in [6, 6.07) is 5.47. The molecule has 1 heterocycles. The van der Waals surface area contributed by atoms with Crippen molar-refractivity contribution in [1.29, 1.82) is 0 Å². The number of thioether (sulfide) groups is 1. The summed E-state index contributed by atoms with van der Waals surface area (Å²) >= 11 is 1.69. The van der Waals surface area contributed by atoms with Crippen LogP contribution in [0.1, 0.15) is 25.0 Å². The first-order chi connectivity index (χ1) is 9.56. The highest BCUT2D eigenvalue weighted by Gasteiger charge is 2.24. The second kappa shape index (κ2) is 8.58. The number of rotatable bonds is 5. The van der Waals surface area contributed by atoms with Gasteiger partial charge < -0.3 is 10.4 Å². The molecule has 21 heavy (non-hydrogen) atoms. The number of amides is 1. The highest BCUT2D eigenvalue weighted by molar-refractivity contribution is 7.99. The molecule has 0 aromatic heterocycles. The van der Waals surface area contributed by atoms with E-state index in [-0.39, 0.29) is 36.2 Å². The number of carbonyl (C=O) groups is 1. The molecule has 4 nitrogen and oxygen atoms in total. The highest BCUT2D eigenvalue weighted by Crippen LogP contribution is 2.19. The molecule has 118 valence electrons. The lowest BCUT2D eigenvalue weighted by Gasteiger charge is -2.20. The van der Waals surface area contributed by atoms with Gasteiger partial charge in [0, 0.05) is 17.7 Å². The fourth-order valence-electron chi connectivity index (χ4n) is 2.12. The number of aliphatic hydroxyl groups is 1. The van der Waals surface area contributed by atoms with E-state index in [1.807, 2.05) is 6.92 Å². The predicted molar refractivity (Wildman–Crippen MR) is 85.1 cm³/mol. The van der Waals surface area contributed by atoms with Crippen molar-refractivity contribution in [2.45, 2.75) is 31.5 Å². The lowest BCUT2D eigenvalue weighted by atomic mass is 10.0. The van der Waals surface area contributed by atoms with Crippen LogP contribution in [0.2, 0.25) is 0 Å². The summed E-state index contributed by atoms with van der Waals surface area (Å²) in [5.74, 6) is 1.21. The molecule has 0 aliphatic carbocycles. The van der Waals surface area contributed by atoms with E-state index >= 15 is 0 Å². The smallest absolute Gasteiger partial charge is 0.238 e. The second-order valence-corrected chi connectivity index (χ2v) is 6.01. The number of halogens is 2. The summed E-state index contributed by atoms with van der Waals surface area (Å²) in [6.45, 7) is 1.85. The van der Waals surface area contributed by atoms with E-state index in [1.165, 1.54) is 12.1 Å². The lowest BCUT2D eigenvalue weighted by molar-refractivity contribution is -0.123. The maximum atomic E-state index is 12.8. The molecule has 1 aromatic carbocycles. The van der Waals surface area contributed by atoms with Crippen molar-refractivity contribution in [3.8, 4) is 0 Å². The summed E-state index contributed by atoms with van der Waals surface area (Å²) in [6.07, 6.45) is -0.311. The van der Waals surface area contributed by atoms with Crippen molar-refractivity contribution in [3.05, 3.63) is 35.6 Å². The van der Waals surface area contributed by atoms with E-state index in [0.29, 0.717) is 12.0 Å². The molecule has 3 N–H and O–H groups in total. The molecule has 1 saturated heterocycles. The van der Waals surface area contributed by atoms with Gasteiger partial charge in [-0.25, -0.2) is 4.39 Å². The molecule has 3 unspecified atom stereocenters. The van der Waals surface area contributed by atoms with Crippen molar-refractivity contribution >= 4 is 30.1 Å². The number of nitrogens with one attached hydrogen (secondary N) is 2. The Labute approximate surface area is 134 Å². The predicted octanol–water partition coefficient (Wildman–Crippen LogP) is 1.84. The molecule has 3 atom stereocenters. The standard InChI is InChI=1S/C14H19FN2O2S.ClH/c1-9(17-14(19)12-7-20-8-16-12)6-13(18)10-2-4-11(15)5-3-10;/h2-5,9,12-13,16,18H,6-8H2,1H3,(H,17,19);1H. The fourth-order valence-corrected chi connectivity index (χ4v) is 3.06. The molecule has 1 fully saturated rings. The second-order valence-electron chi connectivity index (χ2n) is 4.98. The molecule has 2 rings (SSSR count). The van der Waals surface area contributed by atoms with Gasteiger partial charge in [-0.05, 0) is 31.0 Å². The number of hydrogen-bond acceptors (Lipinski definition) is 4. The minimum Gasteiger partial charge on any atom is -0.388 e. The van der Waals surface area contributed by atoms with Crippen LogP contribution >= 0.6 is 24.2 Å². The van der Waals surface area contributed by atoms with E-state index in [1.54, 1.807) is 23.9 Å². The Morgan fingerprint density at radius 2 is 2.19 bits per heavy atom. The first-order valence-electron chi connectivity index (χ1n) is 6.61. The summed E-state index contributed by atoms with van der Waals surface area (Å²) in [7, 11) is 0. The van der Waals surface area contributed by atoms with Crippen LogP contribution in [0, 0.1) is 5.82 Å². The van der Waals surface area contributed by atoms with Crippen LogP contribution < -0.4 is 10.6 Å². The van der Waals surface area contributed by atoms with Crippen LogP contribution in [-0.4, -0.2) is 34.7 Å². The van der Waals surface area contributed by atoms with Crippen molar-refractivity contribution in [3.63, 3.8) is 0 Å². The van der Waals surface area contributed by atoms with E-state index in [0.717, 1.165) is 11.6 Å². The van der Waals surface area contributed by atoms with Crippen molar-refractivity contribution in [2.24, 2.45) is 0 Å². The van der Waals surface area contributed by atoms with Crippen LogP contribution in [0.25, 0.3) is 0 Å². The van der Waals surface area contributed by atoms with Crippen LogP contribution in [-0.2, 0) is 4.79 Å². The largest absolute Gasteiger partial charge is 0.388 e. The number of aliphatic hydroxyl groups excluding tert-OH is 1. The molecule has 7 heteroatoms. The zero-order valence-corrected chi connectivity index (χ0v) is 13.3. The van der Waals surface area contributed by atoms with Crippen molar-refractivity contribution < 1.29 is 14.3 Å². The van der Waals surface area contributed by atoms with Gasteiger partial charge in [-0.15, -0.1) is 24.2 Å². The van der Waals surface area contributed by atoms with Crippen LogP contribution in [0.15, 0.2) is 24.3 Å². The SMILES string of the molecule is CC(CC(O)c1ccc(F)cc1)NC(=O)C1CSCN1.Cl. The Hall–Kier alpha value is -0.820. The van der Waals surface area contributed by atoms with Gasteiger partial charge in [0.25, 0.3) is 0 Å². The first kappa shape index (κ1) is 18.2. The van der Waals surface area contributed by atoms with Gasteiger partial charge in [0.05, 0.1) is 12.1 Å². The monoisotopic (exact) mass is 334 g/mol. The molecule has 1 aliphatic rings. The third-order valence-electron chi connectivity index (χ3n) is 3.25. The number of hydrogen-bond donors (Lipinski definition) is 3. The molecular formula is C14H20ClFN2O2S. The summed E-state index contributed by atoms with van der Waals surface area (Å²) in [5.41, 5.74) is 0.655. The molecule has 0 bridgehead atoms. The van der Waals surface area contributed by atoms with Gasteiger partial charge in [0.1, 0.15) is 5.82 Å². The quantitative estimate of drug-likeness (QED) is 0.769. The lowest BCUT2D eigenvalue weighted by Crippen LogP contribution is -2.45. The van der Waals surface area contributed by atoms with Crippen LogP contribution in [0.3, 0.4) is 0 Å². The van der Waals surface area contributed by atoms with Crippen LogP contribution in [0.4, 0.5) is 4.39 Å². The summed E-state index contributed by atoms with van der Waals surface area (Å²) < 4.78 is 12.8. The topological polar surface area (TPSA) is 61.4 Å². The Morgan fingerprint density at radius 1 is 1.52 bits per heavy atom. The van der Waals surface area contributed by atoms with Gasteiger partial charge >= 0.3 is 0 Å². The number of carbonyl (C=O) groups excluding carboxylic acids is 1. The van der Waals surface area contributed by atoms with Gasteiger partial charge in [0.2, 0.25) is 5.91 Å². The van der Waals surface area contributed by atoms with Gasteiger partial charge in [-0.1, -0.05) is 12.1 Å². The normalized spacial score (nSPS) is 20.4. The average Bonchev–Trinajstić information content (AvgIpc) is 2.93. The first-order valence-corrected chi connectivity index (χ1v) is 7.77. The fraction of sp³-hybridized carbons (Fsp3) is 0.500. The molecule has 0 spiro atoms. The maximum absolute atomic E-state index is 12.8. The van der Waals surface area contributed by atoms with Crippen LogP contribution in [0.5, 0.6) is 0 Å². The van der Waals surface area contributed by atoms with Gasteiger partial charge in [0.15, 0.2) is 0 Å². The minimum atomic E-state index is -0.711. The van der Waals surface area contributed by atoms with Gasteiger partial charge in [-0.3, -0.25) is 10.1 Å². The Kier molecular flexibility index (Phi) is 7.45. The average molecular weight is 335 g/mol. The molecule has 1 aliphatic heterocycles.